The lowest BCUT2D eigenvalue weighted by Gasteiger charge is -2.15. The Morgan fingerprint density at radius 1 is 1.13 bits per heavy atom. The fourth-order valence-corrected chi connectivity index (χ4v) is 2.29. The van der Waals surface area contributed by atoms with Gasteiger partial charge in [-0.3, -0.25) is 4.79 Å². The van der Waals surface area contributed by atoms with E-state index in [1.54, 1.807) is 37.3 Å². The van der Waals surface area contributed by atoms with Crippen molar-refractivity contribution in [3.63, 3.8) is 0 Å². The van der Waals surface area contributed by atoms with Gasteiger partial charge in [0.1, 0.15) is 0 Å². The first-order valence-electron chi connectivity index (χ1n) is 7.10. The molecule has 0 aromatic heterocycles. The maximum absolute atomic E-state index is 12.1. The minimum Gasteiger partial charge on any atom is -0.366 e. The van der Waals surface area contributed by atoms with Crippen LogP contribution in [0.3, 0.4) is 0 Å². The summed E-state index contributed by atoms with van der Waals surface area (Å²) in [7, 11) is 0. The Morgan fingerprint density at radius 3 is 2.39 bits per heavy atom. The van der Waals surface area contributed by atoms with Gasteiger partial charge in [-0.05, 0) is 49.2 Å². The number of carbonyl (C=O) groups is 2. The van der Waals surface area contributed by atoms with E-state index in [1.807, 2.05) is 19.1 Å². The normalized spacial score (nSPS) is 11.6. The zero-order chi connectivity index (χ0) is 17.0. The number of primary amides is 1. The Kier molecular flexibility index (Phi) is 5.24. The van der Waals surface area contributed by atoms with Crippen molar-refractivity contribution in [2.75, 3.05) is 5.32 Å². The predicted octanol–water partition coefficient (Wildman–Crippen LogP) is 3.63. The molecule has 0 spiro atoms. The molecule has 1 unspecified atom stereocenters. The van der Waals surface area contributed by atoms with Crippen LogP contribution in [-0.4, -0.2) is 11.9 Å². The van der Waals surface area contributed by atoms with Gasteiger partial charge in [0.2, 0.25) is 5.91 Å². The van der Waals surface area contributed by atoms with E-state index in [0.29, 0.717) is 16.3 Å². The molecule has 0 radical (unpaired) electrons. The first-order chi connectivity index (χ1) is 10.9. The highest BCUT2D eigenvalue weighted by molar-refractivity contribution is 6.30. The fraction of sp³-hybridized carbons (Fsp3) is 0.176. The fourth-order valence-electron chi connectivity index (χ4n) is 2.16. The number of hydrogen-bond acceptors (Lipinski definition) is 2. The summed E-state index contributed by atoms with van der Waals surface area (Å²) in [5.41, 5.74) is 7.89. The Labute approximate surface area is 139 Å². The number of aryl methyl sites for hydroxylation is 1. The van der Waals surface area contributed by atoms with Gasteiger partial charge >= 0.3 is 6.03 Å². The Bertz CT molecular complexity index is 729. The lowest BCUT2D eigenvalue weighted by molar-refractivity contribution is 0.0999. The highest BCUT2D eigenvalue weighted by atomic mass is 35.5. The molecule has 3 amide bonds. The third kappa shape index (κ3) is 4.47. The van der Waals surface area contributed by atoms with Crippen LogP contribution < -0.4 is 16.4 Å². The van der Waals surface area contributed by atoms with Gasteiger partial charge in [-0.2, -0.15) is 0 Å². The lowest BCUT2D eigenvalue weighted by atomic mass is 10.1. The van der Waals surface area contributed by atoms with Gasteiger partial charge in [0.15, 0.2) is 0 Å². The molecule has 6 heteroatoms. The molecule has 0 saturated carbocycles. The zero-order valence-corrected chi connectivity index (χ0v) is 13.6. The Hall–Kier alpha value is -2.53. The number of halogens is 1. The average Bonchev–Trinajstić information content (AvgIpc) is 2.49. The van der Waals surface area contributed by atoms with Gasteiger partial charge in [-0.1, -0.05) is 29.8 Å². The van der Waals surface area contributed by atoms with Gasteiger partial charge in [-0.15, -0.1) is 0 Å². The smallest absolute Gasteiger partial charge is 0.319 e. The van der Waals surface area contributed by atoms with Crippen molar-refractivity contribution >= 4 is 29.2 Å². The molecule has 0 heterocycles. The summed E-state index contributed by atoms with van der Waals surface area (Å²) < 4.78 is 0. The minimum atomic E-state index is -0.527. The monoisotopic (exact) mass is 331 g/mol. The average molecular weight is 332 g/mol. The molecular weight excluding hydrogens is 314 g/mol. The third-order valence-electron chi connectivity index (χ3n) is 3.48. The van der Waals surface area contributed by atoms with E-state index in [0.717, 1.165) is 11.1 Å². The molecule has 0 saturated heterocycles. The second kappa shape index (κ2) is 7.15. The lowest BCUT2D eigenvalue weighted by Crippen LogP contribution is -2.31. The van der Waals surface area contributed by atoms with Crippen LogP contribution in [0.5, 0.6) is 0 Å². The molecule has 2 aromatic carbocycles. The van der Waals surface area contributed by atoms with Crippen LogP contribution in [0.15, 0.2) is 42.5 Å². The topological polar surface area (TPSA) is 84.2 Å². The van der Waals surface area contributed by atoms with Crippen LogP contribution in [-0.2, 0) is 0 Å². The van der Waals surface area contributed by atoms with E-state index < -0.39 is 5.91 Å². The Morgan fingerprint density at radius 2 is 1.78 bits per heavy atom. The van der Waals surface area contributed by atoms with Crippen molar-refractivity contribution in [2.45, 2.75) is 19.9 Å². The quantitative estimate of drug-likeness (QED) is 0.799. The number of nitrogens with two attached hydrogens (primary N) is 1. The standard InChI is InChI=1S/C17H18ClN3O2/c1-10-3-8-14(9-15(10)16(19)22)21-17(23)20-11(2)12-4-6-13(18)7-5-12/h3-9,11H,1-2H3,(H2,19,22)(H2,20,21,23). The van der Waals surface area contributed by atoms with Gasteiger partial charge in [-0.25, -0.2) is 4.79 Å². The number of nitrogens with one attached hydrogen (secondary N) is 2. The van der Waals surface area contributed by atoms with Crippen LogP contribution in [0, 0.1) is 6.92 Å². The molecule has 23 heavy (non-hydrogen) atoms. The van der Waals surface area contributed by atoms with E-state index in [-0.39, 0.29) is 12.1 Å². The number of amides is 3. The third-order valence-corrected chi connectivity index (χ3v) is 3.73. The number of anilines is 1. The summed E-state index contributed by atoms with van der Waals surface area (Å²) in [5.74, 6) is -0.527. The molecule has 0 aliphatic rings. The van der Waals surface area contributed by atoms with E-state index in [9.17, 15) is 9.59 Å². The molecule has 1 atom stereocenters. The summed E-state index contributed by atoms with van der Waals surface area (Å²) in [4.78, 5) is 23.4. The molecule has 120 valence electrons. The SMILES string of the molecule is Cc1ccc(NC(=O)NC(C)c2ccc(Cl)cc2)cc1C(N)=O. The van der Waals surface area contributed by atoms with Crippen molar-refractivity contribution in [2.24, 2.45) is 5.73 Å². The van der Waals surface area contributed by atoms with E-state index in [2.05, 4.69) is 10.6 Å². The van der Waals surface area contributed by atoms with Crippen LogP contribution in [0.25, 0.3) is 0 Å². The zero-order valence-electron chi connectivity index (χ0n) is 12.9. The maximum atomic E-state index is 12.1. The number of hydrogen-bond donors (Lipinski definition) is 3. The molecule has 4 N–H and O–H groups in total. The molecule has 0 fully saturated rings. The summed E-state index contributed by atoms with van der Waals surface area (Å²) in [6.45, 7) is 3.65. The number of rotatable bonds is 4. The van der Waals surface area contributed by atoms with E-state index in [4.69, 9.17) is 17.3 Å². The summed E-state index contributed by atoms with van der Waals surface area (Å²) in [6, 6.07) is 11.7. The molecule has 0 aliphatic heterocycles. The largest absolute Gasteiger partial charge is 0.366 e. The Balaban J connectivity index is 2.03. The number of carbonyl (C=O) groups excluding carboxylic acids is 2. The molecule has 2 aromatic rings. The van der Waals surface area contributed by atoms with Crippen LogP contribution >= 0.6 is 11.6 Å². The summed E-state index contributed by atoms with van der Waals surface area (Å²) >= 11 is 5.85. The highest BCUT2D eigenvalue weighted by Crippen LogP contribution is 2.17. The van der Waals surface area contributed by atoms with Gasteiger partial charge in [0.25, 0.3) is 0 Å². The van der Waals surface area contributed by atoms with Crippen molar-refractivity contribution in [1.82, 2.24) is 5.32 Å². The minimum absolute atomic E-state index is 0.187. The molecular formula is C17H18ClN3O2. The van der Waals surface area contributed by atoms with Crippen molar-refractivity contribution < 1.29 is 9.59 Å². The molecule has 5 nitrogen and oxygen atoms in total. The maximum Gasteiger partial charge on any atom is 0.319 e. The van der Waals surface area contributed by atoms with Crippen molar-refractivity contribution in [3.8, 4) is 0 Å². The number of benzene rings is 2. The first-order valence-corrected chi connectivity index (χ1v) is 7.48. The van der Waals surface area contributed by atoms with E-state index in [1.165, 1.54) is 0 Å². The summed E-state index contributed by atoms with van der Waals surface area (Å²) in [6.07, 6.45) is 0. The molecule has 0 aliphatic carbocycles. The van der Waals surface area contributed by atoms with Crippen LogP contribution in [0.4, 0.5) is 10.5 Å². The van der Waals surface area contributed by atoms with Gasteiger partial charge in [0, 0.05) is 16.3 Å². The van der Waals surface area contributed by atoms with E-state index >= 15 is 0 Å². The van der Waals surface area contributed by atoms with Crippen LogP contribution in [0.2, 0.25) is 5.02 Å². The molecule has 2 rings (SSSR count). The van der Waals surface area contributed by atoms with Gasteiger partial charge in [0.05, 0.1) is 6.04 Å². The first kappa shape index (κ1) is 16.8. The predicted molar refractivity (Wildman–Crippen MR) is 91.7 cm³/mol. The van der Waals surface area contributed by atoms with Crippen LogP contribution in [0.1, 0.15) is 34.5 Å². The molecule has 0 bridgehead atoms. The second-order valence-corrected chi connectivity index (χ2v) is 5.70. The number of urea groups is 1. The highest BCUT2D eigenvalue weighted by Gasteiger charge is 2.11. The van der Waals surface area contributed by atoms with Crippen molar-refractivity contribution in [3.05, 3.63) is 64.2 Å². The van der Waals surface area contributed by atoms with Gasteiger partial charge < -0.3 is 16.4 Å². The van der Waals surface area contributed by atoms with Crippen molar-refractivity contribution in [1.29, 1.82) is 0 Å². The summed E-state index contributed by atoms with van der Waals surface area (Å²) in [5, 5.41) is 6.15. The second-order valence-electron chi connectivity index (χ2n) is 5.27.